The molecule has 7 heteroatoms. The molecule has 0 aliphatic carbocycles. The first-order chi connectivity index (χ1) is 7.86. The molecule has 0 spiro atoms. The molecule has 1 rings (SSSR count). The number of hydrogen-bond acceptors (Lipinski definition) is 4. The van der Waals surface area contributed by atoms with Gasteiger partial charge in [-0.3, -0.25) is 0 Å². The Bertz CT molecular complexity index is 551. The van der Waals surface area contributed by atoms with Crippen LogP contribution in [-0.2, 0) is 16.6 Å². The van der Waals surface area contributed by atoms with E-state index >= 15 is 0 Å². The SMILES string of the molecule is CN(Cc1cc(N)ccc1Cl)S(=O)(=O)CC#N. The van der Waals surface area contributed by atoms with Crippen LogP contribution in [0.4, 0.5) is 5.69 Å². The summed E-state index contributed by atoms with van der Waals surface area (Å²) < 4.78 is 24.2. The molecule has 0 saturated heterocycles. The number of halogens is 1. The van der Waals surface area contributed by atoms with Crippen molar-refractivity contribution >= 4 is 27.3 Å². The smallest absolute Gasteiger partial charge is 0.227 e. The van der Waals surface area contributed by atoms with Crippen molar-refractivity contribution in [3.05, 3.63) is 28.8 Å². The Balaban J connectivity index is 2.92. The molecule has 0 radical (unpaired) electrons. The summed E-state index contributed by atoms with van der Waals surface area (Å²) in [6.45, 7) is 0.0912. The lowest BCUT2D eigenvalue weighted by Gasteiger charge is -2.16. The maximum absolute atomic E-state index is 11.6. The van der Waals surface area contributed by atoms with Crippen molar-refractivity contribution in [2.24, 2.45) is 0 Å². The van der Waals surface area contributed by atoms with Gasteiger partial charge in [0, 0.05) is 24.3 Å². The number of sulfonamides is 1. The summed E-state index contributed by atoms with van der Waals surface area (Å²) in [5.74, 6) is -0.552. The van der Waals surface area contributed by atoms with Crippen LogP contribution in [0.2, 0.25) is 5.02 Å². The van der Waals surface area contributed by atoms with E-state index in [2.05, 4.69) is 0 Å². The van der Waals surface area contributed by atoms with E-state index in [1.165, 1.54) is 7.05 Å². The maximum Gasteiger partial charge on any atom is 0.227 e. The molecule has 0 aliphatic rings. The van der Waals surface area contributed by atoms with E-state index < -0.39 is 15.8 Å². The molecular formula is C10H12ClN3O2S. The van der Waals surface area contributed by atoms with E-state index in [4.69, 9.17) is 22.6 Å². The summed E-state index contributed by atoms with van der Waals surface area (Å²) in [5, 5.41) is 8.86. The standard InChI is InChI=1S/C10H12ClN3O2S/c1-14(17(15,16)5-4-12)7-8-6-9(13)2-3-10(8)11/h2-3,6H,5,7,13H2,1H3. The Morgan fingerprint density at radius 1 is 1.53 bits per heavy atom. The zero-order valence-corrected chi connectivity index (χ0v) is 10.8. The minimum atomic E-state index is -3.57. The highest BCUT2D eigenvalue weighted by Gasteiger charge is 2.18. The van der Waals surface area contributed by atoms with E-state index in [0.29, 0.717) is 16.3 Å². The Hall–Kier alpha value is -1.29. The monoisotopic (exact) mass is 273 g/mol. The van der Waals surface area contributed by atoms with Crippen LogP contribution in [0.25, 0.3) is 0 Å². The zero-order chi connectivity index (χ0) is 13.1. The third-order valence-corrected chi connectivity index (χ3v) is 4.13. The largest absolute Gasteiger partial charge is 0.399 e. The van der Waals surface area contributed by atoms with Gasteiger partial charge >= 0.3 is 0 Å². The van der Waals surface area contributed by atoms with Gasteiger partial charge in [0.25, 0.3) is 0 Å². The third-order valence-electron chi connectivity index (χ3n) is 2.18. The summed E-state index contributed by atoms with van der Waals surface area (Å²) in [5.41, 5.74) is 6.71. The predicted molar refractivity (Wildman–Crippen MR) is 66.7 cm³/mol. The van der Waals surface area contributed by atoms with Crippen molar-refractivity contribution < 1.29 is 8.42 Å². The van der Waals surface area contributed by atoms with Crippen molar-refractivity contribution in [2.75, 3.05) is 18.5 Å². The third kappa shape index (κ3) is 3.60. The number of anilines is 1. The van der Waals surface area contributed by atoms with Crippen molar-refractivity contribution in [3.63, 3.8) is 0 Å². The van der Waals surface area contributed by atoms with Gasteiger partial charge in [0.15, 0.2) is 5.75 Å². The second-order valence-corrected chi connectivity index (χ2v) is 6.00. The molecule has 0 unspecified atom stereocenters. The zero-order valence-electron chi connectivity index (χ0n) is 9.22. The lowest BCUT2D eigenvalue weighted by Crippen LogP contribution is -2.28. The highest BCUT2D eigenvalue weighted by atomic mass is 35.5. The van der Waals surface area contributed by atoms with Crippen LogP contribution in [0, 0.1) is 11.3 Å². The second kappa shape index (κ2) is 5.36. The average Bonchev–Trinajstić information content (AvgIpc) is 2.23. The number of hydrogen-bond donors (Lipinski definition) is 1. The predicted octanol–water partition coefficient (Wildman–Crippen LogP) is 1.21. The summed E-state index contributed by atoms with van der Waals surface area (Å²) in [7, 11) is -2.17. The normalized spacial score (nSPS) is 11.4. The molecule has 0 bridgehead atoms. The maximum atomic E-state index is 11.6. The van der Waals surface area contributed by atoms with Gasteiger partial charge in [0.05, 0.1) is 6.07 Å². The molecule has 0 aromatic heterocycles. The molecule has 0 amide bonds. The number of rotatable bonds is 4. The van der Waals surface area contributed by atoms with E-state index in [1.54, 1.807) is 24.3 Å². The molecule has 17 heavy (non-hydrogen) atoms. The number of nitrogens with zero attached hydrogens (tertiary/aromatic N) is 2. The first-order valence-corrected chi connectivity index (χ1v) is 6.70. The fourth-order valence-corrected chi connectivity index (χ4v) is 2.14. The molecule has 0 fully saturated rings. The molecule has 1 aromatic carbocycles. The molecule has 5 nitrogen and oxygen atoms in total. The molecule has 1 aromatic rings. The van der Waals surface area contributed by atoms with Gasteiger partial charge in [-0.05, 0) is 23.8 Å². The molecule has 0 aliphatic heterocycles. The van der Waals surface area contributed by atoms with Crippen LogP contribution in [0.5, 0.6) is 0 Å². The Kier molecular flexibility index (Phi) is 4.34. The minimum Gasteiger partial charge on any atom is -0.399 e. The second-order valence-electron chi connectivity index (χ2n) is 3.52. The average molecular weight is 274 g/mol. The molecular weight excluding hydrogens is 262 g/mol. The fraction of sp³-hybridized carbons (Fsp3) is 0.300. The van der Waals surface area contributed by atoms with Gasteiger partial charge < -0.3 is 5.73 Å². The topological polar surface area (TPSA) is 87.2 Å². The van der Waals surface area contributed by atoms with Crippen LogP contribution < -0.4 is 5.73 Å². The number of nitrogen functional groups attached to an aromatic ring is 1. The summed E-state index contributed by atoms with van der Waals surface area (Å²) in [4.78, 5) is 0. The van der Waals surface area contributed by atoms with Crippen molar-refractivity contribution in [1.82, 2.24) is 4.31 Å². The quantitative estimate of drug-likeness (QED) is 0.835. The van der Waals surface area contributed by atoms with E-state index in [1.807, 2.05) is 0 Å². The Labute approximate surface area is 105 Å². The minimum absolute atomic E-state index is 0.0912. The van der Waals surface area contributed by atoms with Crippen LogP contribution in [0.3, 0.4) is 0 Å². The lowest BCUT2D eigenvalue weighted by atomic mass is 10.2. The number of nitrogens with two attached hydrogens (primary N) is 1. The first kappa shape index (κ1) is 13.8. The highest BCUT2D eigenvalue weighted by molar-refractivity contribution is 7.89. The molecule has 0 atom stereocenters. The van der Waals surface area contributed by atoms with Crippen molar-refractivity contribution in [2.45, 2.75) is 6.54 Å². The van der Waals surface area contributed by atoms with Gasteiger partial charge in [-0.25, -0.2) is 8.42 Å². The molecule has 2 N–H and O–H groups in total. The van der Waals surface area contributed by atoms with Crippen LogP contribution in [0.15, 0.2) is 18.2 Å². The summed E-state index contributed by atoms with van der Waals surface area (Å²) >= 11 is 5.93. The molecule has 0 heterocycles. The van der Waals surface area contributed by atoms with Gasteiger partial charge in [0.2, 0.25) is 10.0 Å². The lowest BCUT2D eigenvalue weighted by molar-refractivity contribution is 0.470. The molecule has 92 valence electrons. The molecule has 0 saturated carbocycles. The van der Waals surface area contributed by atoms with Gasteiger partial charge in [0.1, 0.15) is 0 Å². The van der Waals surface area contributed by atoms with Crippen LogP contribution >= 0.6 is 11.6 Å². The first-order valence-electron chi connectivity index (χ1n) is 4.71. The van der Waals surface area contributed by atoms with E-state index in [9.17, 15) is 8.42 Å². The van der Waals surface area contributed by atoms with E-state index in [0.717, 1.165) is 4.31 Å². The number of nitriles is 1. The van der Waals surface area contributed by atoms with E-state index in [-0.39, 0.29) is 6.54 Å². The van der Waals surface area contributed by atoms with Crippen molar-refractivity contribution in [3.8, 4) is 6.07 Å². The van der Waals surface area contributed by atoms with Gasteiger partial charge in [-0.1, -0.05) is 11.6 Å². The Morgan fingerprint density at radius 2 is 2.18 bits per heavy atom. The summed E-state index contributed by atoms with van der Waals surface area (Å²) in [6, 6.07) is 6.47. The summed E-state index contributed by atoms with van der Waals surface area (Å²) in [6.07, 6.45) is 0. The number of benzene rings is 1. The Morgan fingerprint density at radius 3 is 2.76 bits per heavy atom. The van der Waals surface area contributed by atoms with Crippen LogP contribution in [-0.4, -0.2) is 25.5 Å². The highest BCUT2D eigenvalue weighted by Crippen LogP contribution is 2.21. The van der Waals surface area contributed by atoms with Gasteiger partial charge in [-0.15, -0.1) is 0 Å². The fourth-order valence-electron chi connectivity index (χ4n) is 1.25. The van der Waals surface area contributed by atoms with Crippen LogP contribution in [0.1, 0.15) is 5.56 Å². The van der Waals surface area contributed by atoms with Gasteiger partial charge in [-0.2, -0.15) is 9.57 Å². The van der Waals surface area contributed by atoms with Crippen molar-refractivity contribution in [1.29, 1.82) is 5.26 Å².